The molecule has 144 valence electrons. The number of aliphatic hydroxyl groups is 2. The van der Waals surface area contributed by atoms with Crippen molar-refractivity contribution in [2.45, 2.75) is 83.0 Å². The van der Waals surface area contributed by atoms with Gasteiger partial charge in [-0.25, -0.2) is 9.18 Å². The van der Waals surface area contributed by atoms with Crippen LogP contribution in [0.2, 0.25) is 0 Å². The maximum absolute atomic E-state index is 14.2. The molecule has 0 aromatic carbocycles. The lowest BCUT2D eigenvalue weighted by molar-refractivity contribution is -0.206. The molecule has 0 aromatic rings. The van der Waals surface area contributed by atoms with Gasteiger partial charge in [-0.15, -0.1) is 0 Å². The van der Waals surface area contributed by atoms with E-state index in [-0.39, 0.29) is 6.61 Å². The molecular weight excluding hydrogens is 319 g/mol. The van der Waals surface area contributed by atoms with Gasteiger partial charge in [0.15, 0.2) is 5.79 Å². The maximum Gasteiger partial charge on any atom is 0.346 e. The van der Waals surface area contributed by atoms with Gasteiger partial charge in [0, 0.05) is 20.0 Å². The number of hydrogen-bond acceptors (Lipinski definition) is 6. The molecule has 1 saturated heterocycles. The first kappa shape index (κ1) is 23.2. The Hall–Kier alpha value is -0.760. The summed E-state index contributed by atoms with van der Waals surface area (Å²) in [6.45, 7) is 5.34. The van der Waals surface area contributed by atoms with E-state index in [2.05, 4.69) is 18.6 Å². The van der Waals surface area contributed by atoms with Crippen LogP contribution < -0.4 is 0 Å². The first-order chi connectivity index (χ1) is 11.3. The van der Waals surface area contributed by atoms with Crippen molar-refractivity contribution in [2.75, 3.05) is 20.8 Å². The van der Waals surface area contributed by atoms with E-state index in [1.165, 1.54) is 6.42 Å². The monoisotopic (exact) mass is 352 g/mol. The number of rotatable bonds is 3. The molecule has 0 amide bonds. The van der Waals surface area contributed by atoms with Crippen molar-refractivity contribution in [1.29, 1.82) is 0 Å². The van der Waals surface area contributed by atoms with Crippen LogP contribution in [-0.4, -0.2) is 60.7 Å². The van der Waals surface area contributed by atoms with Gasteiger partial charge in [-0.3, -0.25) is 0 Å². The Labute approximate surface area is 144 Å². The Bertz CT molecular complexity index is 355. The number of hydrogen-bond donors (Lipinski definition) is 2. The van der Waals surface area contributed by atoms with Crippen LogP contribution in [0, 0.1) is 0 Å². The van der Waals surface area contributed by atoms with Crippen molar-refractivity contribution >= 4 is 5.97 Å². The molecule has 1 spiro atoms. The van der Waals surface area contributed by atoms with Gasteiger partial charge in [0.2, 0.25) is 5.67 Å². The van der Waals surface area contributed by atoms with Crippen molar-refractivity contribution in [1.82, 2.24) is 0 Å². The summed E-state index contributed by atoms with van der Waals surface area (Å²) in [7, 11) is 2.08. The van der Waals surface area contributed by atoms with E-state index in [9.17, 15) is 14.3 Å². The molecule has 1 unspecified atom stereocenters. The van der Waals surface area contributed by atoms with Gasteiger partial charge in [-0.05, 0) is 19.8 Å². The molecule has 0 bridgehead atoms. The molecular formula is C17H33FO6. The molecule has 0 radical (unpaired) electrons. The molecule has 1 aliphatic carbocycles. The van der Waals surface area contributed by atoms with Gasteiger partial charge < -0.3 is 24.4 Å². The number of methoxy groups -OCH3 is 1. The van der Waals surface area contributed by atoms with E-state index in [1.54, 1.807) is 0 Å². The minimum absolute atomic E-state index is 0.0949. The molecule has 1 saturated carbocycles. The normalized spacial score (nSPS) is 25.4. The summed E-state index contributed by atoms with van der Waals surface area (Å²) in [5, 5.41) is 17.0. The molecule has 6 nitrogen and oxygen atoms in total. The molecule has 3 atom stereocenters. The predicted octanol–water partition coefficient (Wildman–Crippen LogP) is 2.35. The van der Waals surface area contributed by atoms with E-state index in [0.29, 0.717) is 0 Å². The lowest BCUT2D eigenvalue weighted by Gasteiger charge is -2.33. The predicted molar refractivity (Wildman–Crippen MR) is 88.3 cm³/mol. The van der Waals surface area contributed by atoms with Crippen molar-refractivity contribution in [3.63, 3.8) is 0 Å². The highest BCUT2D eigenvalue weighted by Gasteiger charge is 2.52. The van der Waals surface area contributed by atoms with Gasteiger partial charge in [0.1, 0.15) is 12.2 Å². The van der Waals surface area contributed by atoms with E-state index >= 15 is 0 Å². The molecule has 2 N–H and O–H groups in total. The van der Waals surface area contributed by atoms with Gasteiger partial charge in [-0.2, -0.15) is 0 Å². The fourth-order valence-corrected chi connectivity index (χ4v) is 2.76. The average molecular weight is 352 g/mol. The summed E-state index contributed by atoms with van der Waals surface area (Å²) in [6, 6.07) is 0. The minimum Gasteiger partial charge on any atom is -0.467 e. The zero-order valence-electron chi connectivity index (χ0n) is 15.5. The summed E-state index contributed by atoms with van der Waals surface area (Å²) >= 11 is 0. The lowest BCUT2D eigenvalue weighted by Crippen LogP contribution is -2.51. The number of carbonyl (C=O) groups excluding carboxylic acids is 1. The van der Waals surface area contributed by atoms with Crippen LogP contribution in [0.25, 0.3) is 0 Å². The van der Waals surface area contributed by atoms with Crippen LogP contribution >= 0.6 is 0 Å². The molecule has 0 aromatic heterocycles. The number of esters is 1. The smallest absolute Gasteiger partial charge is 0.346 e. The maximum atomic E-state index is 14.2. The fourth-order valence-electron chi connectivity index (χ4n) is 2.76. The minimum atomic E-state index is -2.50. The molecule has 2 fully saturated rings. The van der Waals surface area contributed by atoms with Gasteiger partial charge >= 0.3 is 5.97 Å². The van der Waals surface area contributed by atoms with Crippen molar-refractivity contribution < 1.29 is 33.6 Å². The number of alkyl halides is 1. The SMILES string of the molecule is CCC.CO.COC(=O)[C@](C)(F)[C@@H](O)C1COC2(CCCCC2)O1. The second kappa shape index (κ2) is 11.0. The van der Waals surface area contributed by atoms with Crippen LogP contribution in [0.15, 0.2) is 0 Å². The summed E-state index contributed by atoms with van der Waals surface area (Å²) < 4.78 is 29.9. The fraction of sp³-hybridized carbons (Fsp3) is 0.941. The van der Waals surface area contributed by atoms with E-state index in [1.807, 2.05) is 0 Å². The first-order valence-corrected chi connectivity index (χ1v) is 8.55. The van der Waals surface area contributed by atoms with E-state index in [4.69, 9.17) is 14.6 Å². The van der Waals surface area contributed by atoms with Crippen molar-refractivity contribution in [3.05, 3.63) is 0 Å². The third-order valence-electron chi connectivity index (χ3n) is 3.98. The topological polar surface area (TPSA) is 85.2 Å². The Morgan fingerprint density at radius 1 is 1.33 bits per heavy atom. The Balaban J connectivity index is 0.000000952. The Morgan fingerprint density at radius 3 is 2.29 bits per heavy atom. The molecule has 24 heavy (non-hydrogen) atoms. The largest absolute Gasteiger partial charge is 0.467 e. The Kier molecular flexibility index (Phi) is 10.6. The number of ether oxygens (including phenoxy) is 3. The standard InChI is InChI=1S/C13H21FO5.C3H8.CH4O/c1-12(14,11(16)17-2)10(15)9-8-18-13(19-9)6-4-3-5-7-13;1-3-2;1-2/h9-10,15H,3-8H2,1-2H3;3H2,1-2H3;2H,1H3/t9?,10-,12+;;/m0../s1. The van der Waals surface area contributed by atoms with E-state index in [0.717, 1.165) is 53.2 Å². The second-order valence-electron chi connectivity index (χ2n) is 6.16. The third-order valence-corrected chi connectivity index (χ3v) is 3.98. The van der Waals surface area contributed by atoms with Crippen LogP contribution in [-0.2, 0) is 19.0 Å². The average Bonchev–Trinajstić information content (AvgIpc) is 2.99. The highest BCUT2D eigenvalue weighted by Crippen LogP contribution is 2.40. The molecule has 7 heteroatoms. The summed E-state index contributed by atoms with van der Waals surface area (Å²) in [5.74, 6) is -1.80. The molecule has 1 heterocycles. The third kappa shape index (κ3) is 5.95. The molecule has 1 aliphatic heterocycles. The summed E-state index contributed by atoms with van der Waals surface area (Å²) in [4.78, 5) is 11.3. The number of halogens is 1. The zero-order chi connectivity index (χ0) is 18.8. The van der Waals surface area contributed by atoms with E-state index < -0.39 is 29.6 Å². The highest BCUT2D eigenvalue weighted by atomic mass is 19.1. The van der Waals surface area contributed by atoms with Gasteiger partial charge in [0.25, 0.3) is 0 Å². The molecule has 2 aliphatic rings. The zero-order valence-corrected chi connectivity index (χ0v) is 15.5. The number of carbonyl (C=O) groups is 1. The van der Waals surface area contributed by atoms with Gasteiger partial charge in [-0.1, -0.05) is 26.7 Å². The second-order valence-corrected chi connectivity index (χ2v) is 6.16. The van der Waals surface area contributed by atoms with Crippen molar-refractivity contribution in [2.24, 2.45) is 0 Å². The van der Waals surface area contributed by atoms with Crippen LogP contribution in [0.3, 0.4) is 0 Å². The quantitative estimate of drug-likeness (QED) is 0.759. The Morgan fingerprint density at radius 2 is 1.83 bits per heavy atom. The van der Waals surface area contributed by atoms with Gasteiger partial charge in [0.05, 0.1) is 13.7 Å². The van der Waals surface area contributed by atoms with Crippen molar-refractivity contribution in [3.8, 4) is 0 Å². The highest BCUT2D eigenvalue weighted by molar-refractivity contribution is 5.79. The van der Waals surface area contributed by atoms with Crippen LogP contribution in [0.5, 0.6) is 0 Å². The number of aliphatic hydroxyl groups excluding tert-OH is 2. The first-order valence-electron chi connectivity index (χ1n) is 8.55. The lowest BCUT2D eigenvalue weighted by atomic mass is 9.94. The summed E-state index contributed by atoms with van der Waals surface area (Å²) in [5.41, 5.74) is -2.50. The molecule has 2 rings (SSSR count). The summed E-state index contributed by atoms with van der Waals surface area (Å²) in [6.07, 6.45) is 3.42. The van der Waals surface area contributed by atoms with Crippen LogP contribution in [0.4, 0.5) is 4.39 Å². The van der Waals surface area contributed by atoms with Crippen LogP contribution in [0.1, 0.15) is 59.3 Å².